The first-order valence-electron chi connectivity index (χ1n) is 7.24. The van der Waals surface area contributed by atoms with E-state index in [1.54, 1.807) is 0 Å². The van der Waals surface area contributed by atoms with Crippen LogP contribution in [0.5, 0.6) is 0 Å². The maximum absolute atomic E-state index is 5.78. The van der Waals surface area contributed by atoms with Gasteiger partial charge in [0.05, 0.1) is 6.10 Å². The third-order valence-electron chi connectivity index (χ3n) is 3.93. The second-order valence-electron chi connectivity index (χ2n) is 6.18. The Kier molecular flexibility index (Phi) is 4.83. The molecule has 17 heavy (non-hydrogen) atoms. The van der Waals surface area contributed by atoms with E-state index in [2.05, 4.69) is 31.0 Å². The van der Waals surface area contributed by atoms with E-state index in [1.807, 2.05) is 0 Å². The van der Waals surface area contributed by atoms with Gasteiger partial charge in [-0.25, -0.2) is 0 Å². The van der Waals surface area contributed by atoms with Crippen LogP contribution in [-0.2, 0) is 4.74 Å². The molecular weight excluding hydrogens is 212 g/mol. The number of nitrogens with one attached hydrogen (secondary N) is 1. The van der Waals surface area contributed by atoms with Crippen molar-refractivity contribution in [3.63, 3.8) is 0 Å². The molecule has 0 saturated carbocycles. The summed E-state index contributed by atoms with van der Waals surface area (Å²) in [4.78, 5) is 2.66. The summed E-state index contributed by atoms with van der Waals surface area (Å²) in [5, 5.41) is 3.61. The molecule has 2 heterocycles. The maximum Gasteiger partial charge on any atom is 0.0702 e. The quantitative estimate of drug-likeness (QED) is 0.812. The number of hydrogen-bond donors (Lipinski definition) is 1. The summed E-state index contributed by atoms with van der Waals surface area (Å²) in [5.74, 6) is 0.780. The SMILES string of the molecule is CC(C)CC1CNC(C)CN1CC1CCCO1. The van der Waals surface area contributed by atoms with Crippen molar-refractivity contribution in [3.05, 3.63) is 0 Å². The Bertz CT molecular complexity index is 226. The minimum atomic E-state index is 0.495. The lowest BCUT2D eigenvalue weighted by atomic mass is 9.98. The molecular formula is C14H28N2O. The van der Waals surface area contributed by atoms with Gasteiger partial charge in [-0.05, 0) is 32.1 Å². The van der Waals surface area contributed by atoms with E-state index >= 15 is 0 Å². The smallest absolute Gasteiger partial charge is 0.0702 e. The molecule has 2 aliphatic heterocycles. The van der Waals surface area contributed by atoms with Gasteiger partial charge in [0, 0.05) is 38.3 Å². The third kappa shape index (κ3) is 3.94. The number of rotatable bonds is 4. The number of piperazine rings is 1. The van der Waals surface area contributed by atoms with Crippen LogP contribution < -0.4 is 5.32 Å². The zero-order chi connectivity index (χ0) is 12.3. The monoisotopic (exact) mass is 240 g/mol. The first-order valence-corrected chi connectivity index (χ1v) is 7.24. The Hall–Kier alpha value is -0.120. The van der Waals surface area contributed by atoms with Crippen molar-refractivity contribution < 1.29 is 4.74 Å². The molecule has 0 aromatic heterocycles. The van der Waals surface area contributed by atoms with Crippen LogP contribution in [0.15, 0.2) is 0 Å². The van der Waals surface area contributed by atoms with Crippen molar-refractivity contribution >= 4 is 0 Å². The molecule has 2 aliphatic rings. The predicted octanol–water partition coefficient (Wildman–Crippen LogP) is 1.87. The van der Waals surface area contributed by atoms with Crippen LogP contribution in [0.25, 0.3) is 0 Å². The summed E-state index contributed by atoms with van der Waals surface area (Å²) in [6.07, 6.45) is 4.30. The Morgan fingerprint density at radius 3 is 2.88 bits per heavy atom. The van der Waals surface area contributed by atoms with Crippen molar-refractivity contribution in [2.75, 3.05) is 26.2 Å². The highest BCUT2D eigenvalue weighted by molar-refractivity contribution is 4.86. The van der Waals surface area contributed by atoms with E-state index in [-0.39, 0.29) is 0 Å². The molecule has 2 rings (SSSR count). The second kappa shape index (κ2) is 6.17. The van der Waals surface area contributed by atoms with Crippen LogP contribution in [0.1, 0.15) is 40.0 Å². The van der Waals surface area contributed by atoms with Crippen molar-refractivity contribution in [3.8, 4) is 0 Å². The molecule has 1 N–H and O–H groups in total. The summed E-state index contributed by atoms with van der Waals surface area (Å²) in [6, 6.07) is 1.33. The van der Waals surface area contributed by atoms with E-state index in [9.17, 15) is 0 Å². The van der Waals surface area contributed by atoms with Crippen molar-refractivity contribution in [2.24, 2.45) is 5.92 Å². The highest BCUT2D eigenvalue weighted by atomic mass is 16.5. The van der Waals surface area contributed by atoms with Crippen molar-refractivity contribution in [1.82, 2.24) is 10.2 Å². The van der Waals surface area contributed by atoms with Gasteiger partial charge in [-0.1, -0.05) is 13.8 Å². The van der Waals surface area contributed by atoms with E-state index in [0.717, 1.165) is 25.6 Å². The zero-order valence-electron chi connectivity index (χ0n) is 11.6. The summed E-state index contributed by atoms with van der Waals surface area (Å²) >= 11 is 0. The number of hydrogen-bond acceptors (Lipinski definition) is 3. The fourth-order valence-electron chi connectivity index (χ4n) is 3.08. The highest BCUT2D eigenvalue weighted by Crippen LogP contribution is 2.19. The van der Waals surface area contributed by atoms with Gasteiger partial charge in [0.2, 0.25) is 0 Å². The fourth-order valence-corrected chi connectivity index (χ4v) is 3.08. The molecule has 0 radical (unpaired) electrons. The molecule has 0 bridgehead atoms. The minimum Gasteiger partial charge on any atom is -0.377 e. The van der Waals surface area contributed by atoms with Gasteiger partial charge in [-0.3, -0.25) is 4.90 Å². The zero-order valence-corrected chi connectivity index (χ0v) is 11.6. The highest BCUT2D eigenvalue weighted by Gasteiger charge is 2.29. The normalized spacial score (nSPS) is 35.6. The Labute approximate surface area is 106 Å². The molecule has 0 amide bonds. The Morgan fingerprint density at radius 2 is 2.24 bits per heavy atom. The molecule has 100 valence electrons. The first kappa shape index (κ1) is 13.3. The minimum absolute atomic E-state index is 0.495. The fraction of sp³-hybridized carbons (Fsp3) is 1.00. The molecule has 2 saturated heterocycles. The molecule has 3 nitrogen and oxygen atoms in total. The predicted molar refractivity (Wildman–Crippen MR) is 71.3 cm³/mol. The average Bonchev–Trinajstić information content (AvgIpc) is 2.74. The van der Waals surface area contributed by atoms with Crippen molar-refractivity contribution in [1.29, 1.82) is 0 Å². The van der Waals surface area contributed by atoms with Crippen LogP contribution in [0.4, 0.5) is 0 Å². The molecule has 3 unspecified atom stereocenters. The first-order chi connectivity index (χ1) is 8.15. The molecule has 3 atom stereocenters. The van der Waals surface area contributed by atoms with Gasteiger partial charge >= 0.3 is 0 Å². The van der Waals surface area contributed by atoms with E-state index < -0.39 is 0 Å². The van der Waals surface area contributed by atoms with Gasteiger partial charge in [0.25, 0.3) is 0 Å². The van der Waals surface area contributed by atoms with E-state index in [4.69, 9.17) is 4.74 Å². The van der Waals surface area contributed by atoms with Crippen LogP contribution in [0.2, 0.25) is 0 Å². The van der Waals surface area contributed by atoms with Gasteiger partial charge < -0.3 is 10.1 Å². The molecule has 0 aromatic rings. The Balaban J connectivity index is 1.88. The summed E-state index contributed by atoms with van der Waals surface area (Å²) < 4.78 is 5.78. The average molecular weight is 240 g/mol. The van der Waals surface area contributed by atoms with Gasteiger partial charge in [0.1, 0.15) is 0 Å². The van der Waals surface area contributed by atoms with Gasteiger partial charge in [0.15, 0.2) is 0 Å². The van der Waals surface area contributed by atoms with Crippen molar-refractivity contribution in [2.45, 2.75) is 58.2 Å². The molecule has 3 heteroatoms. The van der Waals surface area contributed by atoms with Gasteiger partial charge in [-0.15, -0.1) is 0 Å². The van der Waals surface area contributed by atoms with Gasteiger partial charge in [-0.2, -0.15) is 0 Å². The topological polar surface area (TPSA) is 24.5 Å². The number of ether oxygens (including phenoxy) is 1. The summed E-state index contributed by atoms with van der Waals surface area (Å²) in [5.41, 5.74) is 0. The third-order valence-corrected chi connectivity index (χ3v) is 3.93. The molecule has 0 aromatic carbocycles. The lowest BCUT2D eigenvalue weighted by molar-refractivity contribution is 0.0358. The van der Waals surface area contributed by atoms with Crippen LogP contribution in [0.3, 0.4) is 0 Å². The van der Waals surface area contributed by atoms with Crippen LogP contribution in [0, 0.1) is 5.92 Å². The largest absolute Gasteiger partial charge is 0.377 e. The molecule has 0 aliphatic carbocycles. The standard InChI is InChI=1S/C14H28N2O/c1-11(2)7-13-8-15-12(3)9-16(13)10-14-5-4-6-17-14/h11-15H,4-10H2,1-3H3. The molecule has 2 fully saturated rings. The number of nitrogens with zero attached hydrogens (tertiary/aromatic N) is 1. The van der Waals surface area contributed by atoms with Crippen LogP contribution in [-0.4, -0.2) is 49.3 Å². The lowest BCUT2D eigenvalue weighted by Gasteiger charge is -2.41. The van der Waals surface area contributed by atoms with E-state index in [0.29, 0.717) is 18.2 Å². The van der Waals surface area contributed by atoms with Crippen LogP contribution >= 0.6 is 0 Å². The molecule has 0 spiro atoms. The summed E-state index contributed by atoms with van der Waals surface area (Å²) in [7, 11) is 0. The lowest BCUT2D eigenvalue weighted by Crippen LogP contribution is -2.57. The van der Waals surface area contributed by atoms with E-state index in [1.165, 1.54) is 25.8 Å². The second-order valence-corrected chi connectivity index (χ2v) is 6.18. The maximum atomic E-state index is 5.78. The Morgan fingerprint density at radius 1 is 1.41 bits per heavy atom. The summed E-state index contributed by atoms with van der Waals surface area (Å²) in [6.45, 7) is 11.4.